The van der Waals surface area contributed by atoms with E-state index in [4.69, 9.17) is 0 Å². The predicted octanol–water partition coefficient (Wildman–Crippen LogP) is 5.41. The van der Waals surface area contributed by atoms with Crippen LogP contribution in [-0.4, -0.2) is 34.0 Å². The summed E-state index contributed by atoms with van der Waals surface area (Å²) in [4.78, 5) is 9.84. The van der Waals surface area contributed by atoms with E-state index in [1.807, 2.05) is 6.07 Å². The molecule has 1 aliphatic carbocycles. The second-order valence-corrected chi connectivity index (χ2v) is 8.52. The first kappa shape index (κ1) is 21.0. The summed E-state index contributed by atoms with van der Waals surface area (Å²) in [6.07, 6.45) is 11.2. The molecular formula is C25H33FN4. The summed E-state index contributed by atoms with van der Waals surface area (Å²) in [5.74, 6) is -0.406. The van der Waals surface area contributed by atoms with Gasteiger partial charge in [0, 0.05) is 36.2 Å². The Hall–Kier alpha value is -2.24. The van der Waals surface area contributed by atoms with Gasteiger partial charge in [-0.15, -0.1) is 0 Å². The summed E-state index contributed by atoms with van der Waals surface area (Å²) >= 11 is 0. The second kappa shape index (κ2) is 10.7. The first-order valence-corrected chi connectivity index (χ1v) is 11.4. The zero-order valence-corrected chi connectivity index (χ0v) is 17.7. The van der Waals surface area contributed by atoms with Crippen molar-refractivity contribution in [1.29, 1.82) is 0 Å². The Balaban J connectivity index is 1.34. The number of pyridine rings is 1. The molecule has 2 heterocycles. The number of rotatable bonds is 10. The monoisotopic (exact) mass is 408 g/mol. The number of fused-ring (bicyclic) bond motifs is 1. The zero-order valence-electron chi connectivity index (χ0n) is 17.7. The third-order valence-electron chi connectivity index (χ3n) is 6.17. The number of hydrogen-bond acceptors (Lipinski definition) is 3. The minimum atomic E-state index is -0.406. The summed E-state index contributed by atoms with van der Waals surface area (Å²) in [6, 6.07) is 14.2. The first-order valence-electron chi connectivity index (χ1n) is 11.4. The topological polar surface area (TPSA) is 44.0 Å². The quantitative estimate of drug-likeness (QED) is 0.348. The largest absolute Gasteiger partial charge is 0.361 e. The Morgan fingerprint density at radius 1 is 1.00 bits per heavy atom. The molecule has 4 rings (SSSR count). The first-order chi connectivity index (χ1) is 14.8. The molecule has 30 heavy (non-hydrogen) atoms. The Labute approximate surface area is 178 Å². The molecule has 1 aliphatic rings. The third kappa shape index (κ3) is 5.89. The molecule has 1 fully saturated rings. The maximum absolute atomic E-state index is 13.6. The van der Waals surface area contributed by atoms with E-state index in [9.17, 15) is 4.39 Å². The van der Waals surface area contributed by atoms with Crippen molar-refractivity contribution in [2.45, 2.75) is 64.1 Å². The molecule has 0 bridgehead atoms. The highest BCUT2D eigenvalue weighted by molar-refractivity contribution is 5.82. The lowest BCUT2D eigenvalue weighted by Crippen LogP contribution is -2.32. The zero-order chi connectivity index (χ0) is 20.6. The fourth-order valence-corrected chi connectivity index (χ4v) is 4.56. The van der Waals surface area contributed by atoms with E-state index < -0.39 is 5.95 Å². The highest BCUT2D eigenvalue weighted by Gasteiger charge is 2.13. The highest BCUT2D eigenvalue weighted by Crippen LogP contribution is 2.21. The number of nitrogens with zero attached hydrogens (tertiary/aromatic N) is 2. The summed E-state index contributed by atoms with van der Waals surface area (Å²) in [6.45, 7) is 3.55. The molecule has 3 aromatic rings. The molecule has 1 saturated carbocycles. The molecule has 0 unspecified atom stereocenters. The average Bonchev–Trinajstić information content (AvgIpc) is 3.17. The van der Waals surface area contributed by atoms with Crippen LogP contribution >= 0.6 is 0 Å². The number of unbranched alkanes of at least 4 members (excludes halogenated alkanes) is 1. The lowest BCUT2D eigenvalue weighted by Gasteiger charge is -2.24. The minimum Gasteiger partial charge on any atom is -0.361 e. The van der Waals surface area contributed by atoms with Gasteiger partial charge in [-0.2, -0.15) is 4.39 Å². The Morgan fingerprint density at radius 2 is 1.87 bits per heavy atom. The van der Waals surface area contributed by atoms with Gasteiger partial charge in [0.15, 0.2) is 0 Å². The van der Waals surface area contributed by atoms with Crippen LogP contribution in [0.2, 0.25) is 0 Å². The molecule has 5 heteroatoms. The molecule has 4 nitrogen and oxygen atoms in total. The van der Waals surface area contributed by atoms with Crippen LogP contribution in [0.5, 0.6) is 0 Å². The van der Waals surface area contributed by atoms with Gasteiger partial charge < -0.3 is 10.3 Å². The number of aromatic amines is 1. The fraction of sp³-hybridized carbons (Fsp3) is 0.480. The summed E-state index contributed by atoms with van der Waals surface area (Å²) in [5.41, 5.74) is 3.23. The van der Waals surface area contributed by atoms with Gasteiger partial charge in [0.1, 0.15) is 0 Å². The van der Waals surface area contributed by atoms with Gasteiger partial charge in [-0.3, -0.25) is 4.90 Å². The van der Waals surface area contributed by atoms with Gasteiger partial charge >= 0.3 is 0 Å². The van der Waals surface area contributed by atoms with Crippen molar-refractivity contribution in [3.8, 4) is 0 Å². The van der Waals surface area contributed by atoms with Crippen LogP contribution in [0.1, 0.15) is 56.2 Å². The Kier molecular flexibility index (Phi) is 7.49. The van der Waals surface area contributed by atoms with Crippen molar-refractivity contribution >= 4 is 10.9 Å². The maximum atomic E-state index is 13.6. The van der Waals surface area contributed by atoms with Crippen LogP contribution in [0.3, 0.4) is 0 Å². The van der Waals surface area contributed by atoms with E-state index in [2.05, 4.69) is 50.6 Å². The van der Waals surface area contributed by atoms with Gasteiger partial charge in [-0.1, -0.05) is 43.5 Å². The van der Waals surface area contributed by atoms with Crippen LogP contribution in [0.25, 0.3) is 10.9 Å². The Bertz CT molecular complexity index is 916. The average molecular weight is 409 g/mol. The molecule has 160 valence electrons. The molecular weight excluding hydrogens is 375 g/mol. The van der Waals surface area contributed by atoms with Gasteiger partial charge in [0.25, 0.3) is 0 Å². The number of nitrogens with one attached hydrogen (secondary N) is 2. The van der Waals surface area contributed by atoms with Crippen LogP contribution < -0.4 is 5.32 Å². The number of hydrogen-bond donors (Lipinski definition) is 2. The summed E-state index contributed by atoms with van der Waals surface area (Å²) in [5, 5.41) is 4.99. The summed E-state index contributed by atoms with van der Waals surface area (Å²) < 4.78 is 13.6. The molecule has 0 aliphatic heterocycles. The number of H-pyrrole nitrogens is 1. The van der Waals surface area contributed by atoms with E-state index in [1.54, 1.807) is 6.07 Å². The molecule has 0 radical (unpaired) electrons. The molecule has 2 aromatic heterocycles. The standard InChI is InChI=1S/C25H33FN4/c26-25-14-8-11-22(29-25)19-30(16-7-6-15-27-21-9-2-1-3-10-21)18-20-17-28-24-13-5-4-12-23(20)24/h4-5,8,11-14,17,21,27-28H,1-3,6-7,9-10,15-16,18-19H2. The van der Waals surface area contributed by atoms with Gasteiger partial charge in [0.05, 0.1) is 5.69 Å². The molecule has 1 aromatic carbocycles. The number of benzene rings is 1. The van der Waals surface area contributed by atoms with Crippen molar-refractivity contribution in [2.75, 3.05) is 13.1 Å². The smallest absolute Gasteiger partial charge is 0.213 e. The molecule has 0 atom stereocenters. The normalized spacial score (nSPS) is 15.3. The lowest BCUT2D eigenvalue weighted by molar-refractivity contribution is 0.246. The number of para-hydroxylation sites is 1. The van der Waals surface area contributed by atoms with E-state index in [0.717, 1.165) is 49.7 Å². The molecule has 0 saturated heterocycles. The van der Waals surface area contributed by atoms with Gasteiger partial charge in [-0.05, 0) is 62.5 Å². The molecule has 0 spiro atoms. The van der Waals surface area contributed by atoms with E-state index in [0.29, 0.717) is 6.54 Å². The van der Waals surface area contributed by atoms with E-state index in [-0.39, 0.29) is 0 Å². The number of halogens is 1. The maximum Gasteiger partial charge on any atom is 0.213 e. The van der Waals surface area contributed by atoms with Crippen LogP contribution in [0.4, 0.5) is 4.39 Å². The summed E-state index contributed by atoms with van der Waals surface area (Å²) in [7, 11) is 0. The second-order valence-electron chi connectivity index (χ2n) is 8.52. The van der Waals surface area contributed by atoms with Crippen LogP contribution in [0.15, 0.2) is 48.7 Å². The SMILES string of the molecule is Fc1cccc(CN(CCCCNC2CCCCC2)Cc2c[nH]c3ccccc23)n1. The number of aromatic nitrogens is 2. The van der Waals surface area contributed by atoms with Crippen molar-refractivity contribution in [1.82, 2.24) is 20.2 Å². The van der Waals surface area contributed by atoms with Crippen molar-refractivity contribution in [3.63, 3.8) is 0 Å². The minimum absolute atomic E-state index is 0.406. The molecule has 0 amide bonds. The van der Waals surface area contributed by atoms with Gasteiger partial charge in [-0.25, -0.2) is 4.98 Å². The fourth-order valence-electron chi connectivity index (χ4n) is 4.56. The molecule has 2 N–H and O–H groups in total. The van der Waals surface area contributed by atoms with E-state index in [1.165, 1.54) is 49.1 Å². The van der Waals surface area contributed by atoms with Crippen molar-refractivity contribution in [3.05, 3.63) is 65.9 Å². The lowest BCUT2D eigenvalue weighted by atomic mass is 9.95. The van der Waals surface area contributed by atoms with Crippen molar-refractivity contribution in [2.24, 2.45) is 0 Å². The predicted molar refractivity (Wildman–Crippen MR) is 121 cm³/mol. The third-order valence-corrected chi connectivity index (χ3v) is 6.17. The highest BCUT2D eigenvalue weighted by atomic mass is 19.1. The van der Waals surface area contributed by atoms with E-state index >= 15 is 0 Å². The van der Waals surface area contributed by atoms with Gasteiger partial charge in [0.2, 0.25) is 5.95 Å². The Morgan fingerprint density at radius 3 is 2.73 bits per heavy atom. The van der Waals surface area contributed by atoms with Crippen LogP contribution in [-0.2, 0) is 13.1 Å². The van der Waals surface area contributed by atoms with Crippen molar-refractivity contribution < 1.29 is 4.39 Å². The van der Waals surface area contributed by atoms with Crippen LogP contribution in [0, 0.1) is 5.95 Å².